The zero-order valence-electron chi connectivity index (χ0n) is 50.9. The van der Waals surface area contributed by atoms with E-state index >= 15 is 0 Å². The zero-order valence-corrected chi connectivity index (χ0v) is 54.2. The molecule has 1 saturated heterocycles. The number of carbonyl (C=O) groups is 9. The van der Waals surface area contributed by atoms with Gasteiger partial charge in [-0.3, -0.25) is 62.8 Å². The third-order valence-electron chi connectivity index (χ3n) is 17.5. The zero-order chi connectivity index (χ0) is 66.9. The maximum atomic E-state index is 14.3. The molecule has 1 aliphatic carbocycles. The average Bonchev–Trinajstić information content (AvgIpc) is 1.66. The molecule has 9 rings (SSSR count). The van der Waals surface area contributed by atoms with E-state index in [1.165, 1.54) is 57.2 Å². The molecule has 24 nitrogen and oxygen atoms in total. The van der Waals surface area contributed by atoms with Crippen LogP contribution in [0, 0.1) is 17.3 Å². The van der Waals surface area contributed by atoms with E-state index in [9.17, 15) is 71.9 Å². The highest BCUT2D eigenvalue weighted by Crippen LogP contribution is 2.51. The number of carbonyl (C=O) groups excluding carboxylic acids is 9. The van der Waals surface area contributed by atoms with Gasteiger partial charge in [-0.2, -0.15) is 0 Å². The Bertz CT molecular complexity index is 3940. The molecule has 4 aliphatic rings. The average molecular weight is 1360 g/mol. The smallest absolute Gasteiger partial charge is 0.404 e. The number of ketones is 2. The number of nitrogens with zero attached hydrogens (tertiary/aromatic N) is 3. The van der Waals surface area contributed by atoms with E-state index < -0.39 is 62.6 Å². The number of nitrogens with two attached hydrogens (primary N) is 1. The lowest BCUT2D eigenvalue weighted by Gasteiger charge is -2.39. The third kappa shape index (κ3) is 16.6. The second kappa shape index (κ2) is 30.1. The minimum absolute atomic E-state index is 0.0894. The number of alkyl halides is 2. The van der Waals surface area contributed by atoms with Crippen LogP contribution in [0.5, 0.6) is 11.5 Å². The predicted molar refractivity (Wildman–Crippen MR) is 350 cm³/mol. The molecule has 8 amide bonds. The van der Waals surface area contributed by atoms with Crippen molar-refractivity contribution < 1.29 is 80.9 Å². The van der Waals surface area contributed by atoms with Gasteiger partial charge in [-0.05, 0) is 89.8 Å². The van der Waals surface area contributed by atoms with E-state index in [0.717, 1.165) is 0 Å². The molecule has 0 bridgehead atoms. The number of likely N-dealkylation sites (tertiary alicyclic amines) is 1. The van der Waals surface area contributed by atoms with Gasteiger partial charge in [-0.1, -0.05) is 86.8 Å². The fraction of sp³-hybridized carbons (Fsp3) is 0.400. The fourth-order valence-electron chi connectivity index (χ4n) is 12.8. The Hall–Kier alpha value is -7.79. The first-order valence-corrected chi connectivity index (χ1v) is 34.8. The molecule has 28 heteroatoms. The fourth-order valence-corrected chi connectivity index (χ4v) is 14.1. The summed E-state index contributed by atoms with van der Waals surface area (Å²) in [5, 5.41) is 10.0. The number of benzene rings is 5. The quantitative estimate of drug-likeness (QED) is 0.00530. The summed E-state index contributed by atoms with van der Waals surface area (Å²) in [4.78, 5) is 164. The second-order valence-electron chi connectivity index (χ2n) is 23.8. The highest BCUT2D eigenvalue weighted by molar-refractivity contribution is 7.47. The number of rotatable bonds is 30. The summed E-state index contributed by atoms with van der Waals surface area (Å²) in [6.07, 6.45) is 9.33. The Morgan fingerprint density at radius 3 is 1.77 bits per heavy atom. The minimum atomic E-state index is -5.06. The maximum absolute atomic E-state index is 14.3. The van der Waals surface area contributed by atoms with Gasteiger partial charge >= 0.3 is 21.7 Å². The van der Waals surface area contributed by atoms with Crippen LogP contribution >= 0.6 is 38.8 Å². The Kier molecular flexibility index (Phi) is 22.5. The largest absolute Gasteiger partial charge is 0.524 e. The van der Waals surface area contributed by atoms with Crippen LogP contribution in [0.3, 0.4) is 0 Å². The topological polar surface area (TPSA) is 359 Å². The molecule has 2 fully saturated rings. The lowest BCUT2D eigenvalue weighted by atomic mass is 9.61. The van der Waals surface area contributed by atoms with Crippen molar-refractivity contribution in [2.75, 3.05) is 59.6 Å². The summed E-state index contributed by atoms with van der Waals surface area (Å²) in [6.45, 7) is 2.14. The van der Waals surface area contributed by atoms with Gasteiger partial charge in [-0.15, -0.1) is 23.2 Å². The van der Waals surface area contributed by atoms with Crippen molar-refractivity contribution in [3.8, 4) is 11.5 Å². The standard InChI is InChI=1S/C65H73Cl2N7O17P2/c1-39-30-59(80)72(63(39)82)29-9-3-2-4-17-54(75)65(25-11-26-65)55(76)32-42(12-10-27-70-64(68)83)62(81)69-28-24-56(77)71-49-31-40(19-22-57(78)73-37-43(35-66)60-47-15-7-5-13-45(47)52(33-50(60)73)90-92(84,85)86)18-20-41(49)21-23-58(79)74-38-44(36-67)61-48-16-8-6-14-46(48)53(34-51(61)74)91-93(87,88)89/h5-8,13-16,18-23,31,33-34,39,42-44H,2-4,9-12,17,24-30,32,35-38H2,1H3,(H,69,81)(H,71,77)(H3,68,70,83)(H2,84,85,86)(H2,87,88,89)/b22-19+,23-21+/t39?,42-,43+,44+/m0/s1. The van der Waals surface area contributed by atoms with Crippen LogP contribution < -0.4 is 40.5 Å². The molecular weight excluding hydrogens is 1280 g/mol. The Morgan fingerprint density at radius 2 is 1.26 bits per heavy atom. The number of phosphoric ester groups is 2. The van der Waals surface area contributed by atoms with Gasteiger partial charge in [0.15, 0.2) is 0 Å². The van der Waals surface area contributed by atoms with Gasteiger partial charge in [0.2, 0.25) is 23.6 Å². The van der Waals surface area contributed by atoms with Crippen LogP contribution in [-0.2, 0) is 47.5 Å². The number of primary amides is 1. The molecule has 0 spiro atoms. The van der Waals surface area contributed by atoms with Crippen molar-refractivity contribution in [1.29, 1.82) is 0 Å². The van der Waals surface area contributed by atoms with Crippen molar-refractivity contribution >= 4 is 143 Å². The SMILES string of the molecule is CC1CC(=O)N(CCCCCCC(=O)C2(C(=O)C[C@H](CCCNC(N)=O)C(=O)NCCC(=O)Nc3cc(/C=C/C(=O)N4C[C@@H](CCl)c5c4cc(OP(=O)(O)O)c4ccccc54)ccc3/C=C/C(=O)N3C[C@@H](CCl)c4c3cc(OP(=O)(O)O)c3ccccc43)CCC2)C1=O. The summed E-state index contributed by atoms with van der Waals surface area (Å²) >= 11 is 13.0. The molecule has 4 atom stereocenters. The molecule has 3 heterocycles. The van der Waals surface area contributed by atoms with Crippen LogP contribution in [0.15, 0.2) is 91.0 Å². The van der Waals surface area contributed by atoms with E-state index in [1.807, 2.05) is 0 Å². The number of fused-ring (bicyclic) bond motifs is 6. The summed E-state index contributed by atoms with van der Waals surface area (Å²) in [5.74, 6) is -5.36. The third-order valence-corrected chi connectivity index (χ3v) is 19.1. The number of halogens is 2. The predicted octanol–water partition coefficient (Wildman–Crippen LogP) is 9.25. The molecule has 0 radical (unpaired) electrons. The van der Waals surface area contributed by atoms with Gasteiger partial charge in [0.25, 0.3) is 11.8 Å². The number of phosphoric acid groups is 2. The van der Waals surface area contributed by atoms with E-state index in [4.69, 9.17) is 38.0 Å². The van der Waals surface area contributed by atoms with Gasteiger partial charge in [0, 0.05) is 135 Å². The number of nitrogens with one attached hydrogen (secondary N) is 3. The summed E-state index contributed by atoms with van der Waals surface area (Å²) in [6, 6.07) is 20.3. The van der Waals surface area contributed by atoms with Crippen LogP contribution in [-0.4, -0.2) is 122 Å². The number of urea groups is 1. The molecule has 0 aromatic heterocycles. The lowest BCUT2D eigenvalue weighted by molar-refractivity contribution is -0.149. The van der Waals surface area contributed by atoms with Crippen molar-refractivity contribution in [2.45, 2.75) is 102 Å². The normalized spacial score (nSPS) is 18.0. The summed E-state index contributed by atoms with van der Waals surface area (Å²) in [7, 11) is -10.1. The Morgan fingerprint density at radius 1 is 0.699 bits per heavy atom. The van der Waals surface area contributed by atoms with Gasteiger partial charge in [0.05, 0.1) is 16.8 Å². The lowest BCUT2D eigenvalue weighted by Crippen LogP contribution is -2.47. The van der Waals surface area contributed by atoms with Crippen molar-refractivity contribution in [3.63, 3.8) is 0 Å². The first-order valence-electron chi connectivity index (χ1n) is 30.7. The number of Topliss-reactive ketones (excluding diaryl/α,β-unsaturated/α-hetero) is 2. The van der Waals surface area contributed by atoms with Crippen molar-refractivity contribution in [1.82, 2.24) is 15.5 Å². The molecule has 93 heavy (non-hydrogen) atoms. The van der Waals surface area contributed by atoms with E-state index in [0.29, 0.717) is 107 Å². The number of amides is 8. The van der Waals surface area contributed by atoms with Crippen molar-refractivity contribution in [2.24, 2.45) is 23.0 Å². The molecule has 1 saturated carbocycles. The molecule has 494 valence electrons. The number of unbranched alkanes of at least 4 members (excludes halogenated alkanes) is 3. The molecular formula is C65H73Cl2N7O17P2. The van der Waals surface area contributed by atoms with E-state index in [-0.39, 0.29) is 129 Å². The first kappa shape index (κ1) is 69.5. The molecule has 9 N–H and O–H groups in total. The van der Waals surface area contributed by atoms with E-state index in [2.05, 4.69) is 16.0 Å². The van der Waals surface area contributed by atoms with Gasteiger partial charge in [0.1, 0.15) is 23.1 Å². The van der Waals surface area contributed by atoms with Crippen LogP contribution in [0.4, 0.5) is 21.9 Å². The Balaban J connectivity index is 0.919. The molecule has 5 aromatic rings. The second-order valence-corrected chi connectivity index (χ2v) is 26.8. The number of hydrogen-bond donors (Lipinski definition) is 8. The van der Waals surface area contributed by atoms with E-state index in [1.54, 1.807) is 67.6 Å². The molecule has 1 unspecified atom stereocenters. The summed E-state index contributed by atoms with van der Waals surface area (Å²) < 4.78 is 34.4. The van der Waals surface area contributed by atoms with Crippen LogP contribution in [0.1, 0.15) is 124 Å². The van der Waals surface area contributed by atoms with Crippen molar-refractivity contribution in [3.05, 3.63) is 113 Å². The van der Waals surface area contributed by atoms with Crippen LogP contribution in [0.2, 0.25) is 0 Å². The number of imide groups is 1. The highest BCUT2D eigenvalue weighted by Gasteiger charge is 2.50. The van der Waals surface area contributed by atoms with Crippen LogP contribution in [0.25, 0.3) is 33.7 Å². The minimum Gasteiger partial charge on any atom is -0.404 e. The highest BCUT2D eigenvalue weighted by atomic mass is 35.5. The number of hydrogen-bond acceptors (Lipinski definition) is 13. The number of anilines is 3. The summed E-state index contributed by atoms with van der Waals surface area (Å²) in [5.41, 5.74) is 6.86. The molecule has 3 aliphatic heterocycles. The van der Waals surface area contributed by atoms with Gasteiger partial charge in [-0.25, -0.2) is 13.9 Å². The maximum Gasteiger partial charge on any atom is 0.524 e. The monoisotopic (exact) mass is 1360 g/mol. The molecule has 5 aromatic carbocycles. The van der Waals surface area contributed by atoms with Gasteiger partial charge < -0.3 is 40.5 Å². The first-order chi connectivity index (χ1) is 44.3. The Labute approximate surface area is 546 Å².